The minimum absolute atomic E-state index is 0.0345. The second kappa shape index (κ2) is 7.00. The van der Waals surface area contributed by atoms with E-state index in [4.69, 9.17) is 9.47 Å². The van der Waals surface area contributed by atoms with Gasteiger partial charge in [-0.25, -0.2) is 8.42 Å². The molecule has 22 heavy (non-hydrogen) atoms. The summed E-state index contributed by atoms with van der Waals surface area (Å²) in [5, 5.41) is 2.67. The molecular formula is C15H21NO5S. The standard InChI is InChI=1S/C15H21NO5S/c1-3-22(18,19)8-7-16-15(17)12-9-11-5-4-6-13(20-2)14(11)21-10-12/h4-6,12H,3,7-10H2,1-2H3,(H,16,17)/t12-/m1/s1. The van der Waals surface area contributed by atoms with E-state index in [2.05, 4.69) is 5.32 Å². The molecule has 6 nitrogen and oxygen atoms in total. The van der Waals surface area contributed by atoms with Crippen molar-refractivity contribution in [2.45, 2.75) is 13.3 Å². The number of sulfone groups is 1. The van der Waals surface area contributed by atoms with Crippen molar-refractivity contribution in [3.8, 4) is 11.5 Å². The first kappa shape index (κ1) is 16.6. The van der Waals surface area contributed by atoms with Crippen LogP contribution in [0.15, 0.2) is 18.2 Å². The maximum absolute atomic E-state index is 12.1. The van der Waals surface area contributed by atoms with Gasteiger partial charge in [-0.2, -0.15) is 0 Å². The Hall–Kier alpha value is -1.76. The van der Waals surface area contributed by atoms with Crippen LogP contribution in [0.1, 0.15) is 12.5 Å². The number of carbonyl (C=O) groups excluding carboxylic acids is 1. The fourth-order valence-corrected chi connectivity index (χ4v) is 3.04. The Kier molecular flexibility index (Phi) is 5.28. The Balaban J connectivity index is 1.93. The van der Waals surface area contributed by atoms with Gasteiger partial charge in [-0.15, -0.1) is 0 Å². The van der Waals surface area contributed by atoms with E-state index in [0.717, 1.165) is 5.56 Å². The van der Waals surface area contributed by atoms with Gasteiger partial charge >= 0.3 is 0 Å². The van der Waals surface area contributed by atoms with Crippen molar-refractivity contribution in [1.29, 1.82) is 0 Å². The highest BCUT2D eigenvalue weighted by molar-refractivity contribution is 7.91. The monoisotopic (exact) mass is 327 g/mol. The van der Waals surface area contributed by atoms with Crippen LogP contribution < -0.4 is 14.8 Å². The summed E-state index contributed by atoms with van der Waals surface area (Å²) in [6.07, 6.45) is 0.554. The Morgan fingerprint density at radius 1 is 1.45 bits per heavy atom. The molecule has 0 saturated carbocycles. The zero-order chi connectivity index (χ0) is 16.2. The zero-order valence-corrected chi connectivity index (χ0v) is 13.6. The number of methoxy groups -OCH3 is 1. The lowest BCUT2D eigenvalue weighted by Crippen LogP contribution is -2.39. The molecule has 1 aromatic carbocycles. The van der Waals surface area contributed by atoms with E-state index in [-0.39, 0.29) is 36.5 Å². The normalized spacial score (nSPS) is 17.3. The van der Waals surface area contributed by atoms with Gasteiger partial charge in [-0.3, -0.25) is 4.79 Å². The average molecular weight is 327 g/mol. The van der Waals surface area contributed by atoms with Crippen molar-refractivity contribution >= 4 is 15.7 Å². The molecule has 1 aromatic rings. The molecule has 1 aliphatic heterocycles. The highest BCUT2D eigenvalue weighted by atomic mass is 32.2. The fraction of sp³-hybridized carbons (Fsp3) is 0.533. The van der Waals surface area contributed by atoms with E-state index in [1.807, 2.05) is 18.2 Å². The molecule has 7 heteroatoms. The Bertz CT molecular complexity index is 641. The Morgan fingerprint density at radius 2 is 2.23 bits per heavy atom. The molecule has 1 aliphatic rings. The van der Waals surface area contributed by atoms with Gasteiger partial charge in [0.2, 0.25) is 5.91 Å². The van der Waals surface area contributed by atoms with E-state index in [1.54, 1.807) is 14.0 Å². The number of benzene rings is 1. The summed E-state index contributed by atoms with van der Waals surface area (Å²) in [7, 11) is -1.49. The molecule has 2 rings (SSSR count). The number of fused-ring (bicyclic) bond motifs is 1. The molecule has 122 valence electrons. The topological polar surface area (TPSA) is 81.7 Å². The van der Waals surface area contributed by atoms with Gasteiger partial charge in [-0.1, -0.05) is 19.1 Å². The van der Waals surface area contributed by atoms with Crippen molar-refractivity contribution in [2.24, 2.45) is 5.92 Å². The number of ether oxygens (including phenoxy) is 2. The Morgan fingerprint density at radius 3 is 2.91 bits per heavy atom. The van der Waals surface area contributed by atoms with Crippen LogP contribution in [0.5, 0.6) is 11.5 Å². The van der Waals surface area contributed by atoms with Crippen LogP contribution in [0, 0.1) is 5.92 Å². The quantitative estimate of drug-likeness (QED) is 0.836. The van der Waals surface area contributed by atoms with Crippen LogP contribution in [0.25, 0.3) is 0 Å². The maximum Gasteiger partial charge on any atom is 0.226 e. The third-order valence-corrected chi connectivity index (χ3v) is 5.40. The average Bonchev–Trinajstić information content (AvgIpc) is 2.53. The molecule has 1 atom stereocenters. The number of para-hydroxylation sites is 1. The largest absolute Gasteiger partial charge is 0.493 e. The smallest absolute Gasteiger partial charge is 0.226 e. The second-order valence-corrected chi connectivity index (χ2v) is 7.66. The van der Waals surface area contributed by atoms with Crippen LogP contribution in [-0.4, -0.2) is 46.1 Å². The van der Waals surface area contributed by atoms with Crippen LogP contribution in [-0.2, 0) is 21.1 Å². The van der Waals surface area contributed by atoms with Gasteiger partial charge in [0.15, 0.2) is 21.3 Å². The van der Waals surface area contributed by atoms with Crippen LogP contribution in [0.3, 0.4) is 0 Å². The van der Waals surface area contributed by atoms with Gasteiger partial charge in [0.25, 0.3) is 0 Å². The number of hydrogen-bond donors (Lipinski definition) is 1. The molecule has 0 radical (unpaired) electrons. The van der Waals surface area contributed by atoms with Gasteiger partial charge in [0.05, 0.1) is 18.8 Å². The highest BCUT2D eigenvalue weighted by Crippen LogP contribution is 2.35. The lowest BCUT2D eigenvalue weighted by molar-refractivity contribution is -0.126. The predicted octanol–water partition coefficient (Wildman–Crippen LogP) is 0.797. The lowest BCUT2D eigenvalue weighted by atomic mass is 9.95. The first-order valence-electron chi connectivity index (χ1n) is 7.23. The van der Waals surface area contributed by atoms with Crippen molar-refractivity contribution < 1.29 is 22.7 Å². The van der Waals surface area contributed by atoms with Crippen LogP contribution in [0.2, 0.25) is 0 Å². The molecule has 0 bridgehead atoms. The summed E-state index contributed by atoms with van der Waals surface area (Å²) < 4.78 is 33.7. The predicted molar refractivity (Wildman–Crippen MR) is 83.0 cm³/mol. The summed E-state index contributed by atoms with van der Waals surface area (Å²) in [5.74, 6) is 0.896. The van der Waals surface area contributed by atoms with Gasteiger partial charge < -0.3 is 14.8 Å². The van der Waals surface area contributed by atoms with Crippen molar-refractivity contribution in [2.75, 3.05) is 31.8 Å². The molecule has 1 N–H and O–H groups in total. The van der Waals surface area contributed by atoms with Crippen molar-refractivity contribution in [3.63, 3.8) is 0 Å². The lowest BCUT2D eigenvalue weighted by Gasteiger charge is -2.25. The SMILES string of the molecule is CCS(=O)(=O)CCNC(=O)[C@H]1COc2c(cccc2OC)C1. The number of nitrogens with one attached hydrogen (secondary N) is 1. The summed E-state index contributed by atoms with van der Waals surface area (Å²) in [5.41, 5.74) is 0.923. The number of hydrogen-bond acceptors (Lipinski definition) is 5. The molecule has 1 amide bonds. The first-order chi connectivity index (χ1) is 10.5. The number of amides is 1. The number of rotatable bonds is 6. The molecule has 0 unspecified atom stereocenters. The molecule has 0 fully saturated rings. The van der Waals surface area contributed by atoms with Crippen LogP contribution in [0.4, 0.5) is 0 Å². The highest BCUT2D eigenvalue weighted by Gasteiger charge is 2.27. The Labute approximate surface area is 130 Å². The molecular weight excluding hydrogens is 306 g/mol. The van der Waals surface area contributed by atoms with Crippen molar-refractivity contribution in [3.05, 3.63) is 23.8 Å². The number of carbonyl (C=O) groups is 1. The van der Waals surface area contributed by atoms with E-state index < -0.39 is 9.84 Å². The van der Waals surface area contributed by atoms with E-state index >= 15 is 0 Å². The molecule has 0 spiro atoms. The zero-order valence-electron chi connectivity index (χ0n) is 12.8. The van der Waals surface area contributed by atoms with Gasteiger partial charge in [0, 0.05) is 12.3 Å². The summed E-state index contributed by atoms with van der Waals surface area (Å²) >= 11 is 0. The fourth-order valence-electron chi connectivity index (χ4n) is 2.34. The third-order valence-electron chi connectivity index (χ3n) is 3.70. The summed E-state index contributed by atoms with van der Waals surface area (Å²) in [4.78, 5) is 12.1. The molecule has 1 heterocycles. The molecule has 0 aliphatic carbocycles. The summed E-state index contributed by atoms with van der Waals surface area (Å²) in [6, 6.07) is 5.57. The summed E-state index contributed by atoms with van der Waals surface area (Å²) in [6.45, 7) is 1.99. The van der Waals surface area contributed by atoms with Crippen LogP contribution >= 0.6 is 0 Å². The minimum Gasteiger partial charge on any atom is -0.493 e. The first-order valence-corrected chi connectivity index (χ1v) is 9.05. The van der Waals surface area contributed by atoms with Gasteiger partial charge in [-0.05, 0) is 18.1 Å². The minimum atomic E-state index is -3.07. The van der Waals surface area contributed by atoms with E-state index in [1.165, 1.54) is 0 Å². The second-order valence-electron chi connectivity index (χ2n) is 5.19. The van der Waals surface area contributed by atoms with E-state index in [9.17, 15) is 13.2 Å². The van der Waals surface area contributed by atoms with E-state index in [0.29, 0.717) is 17.9 Å². The maximum atomic E-state index is 12.1. The van der Waals surface area contributed by atoms with Gasteiger partial charge in [0.1, 0.15) is 6.61 Å². The third kappa shape index (κ3) is 3.91. The van der Waals surface area contributed by atoms with Crippen molar-refractivity contribution in [1.82, 2.24) is 5.32 Å². The molecule has 0 aromatic heterocycles. The molecule has 0 saturated heterocycles.